The molecule has 1 aliphatic heterocycles. The molecule has 1 saturated heterocycles. The molecular weight excluding hydrogens is 820 g/mol. The van der Waals surface area contributed by atoms with Crippen LogP contribution in [0.25, 0.3) is 33.4 Å². The Hall–Kier alpha value is -6.03. The molecular formula is C52H48O7SV. The van der Waals surface area contributed by atoms with Crippen LogP contribution in [0.2, 0.25) is 0 Å². The Labute approximate surface area is 371 Å². The number of hydrogen-bond acceptors (Lipinski definition) is 7. The van der Waals surface area contributed by atoms with Crippen molar-refractivity contribution in [3.63, 3.8) is 0 Å². The first-order valence-electron chi connectivity index (χ1n) is 19.9. The molecule has 309 valence electrons. The largest absolute Gasteiger partial charge is 0.478 e. The molecule has 3 atom stereocenters. The average molecular weight is 868 g/mol. The first-order valence-corrected chi connectivity index (χ1v) is 21.6. The van der Waals surface area contributed by atoms with Crippen molar-refractivity contribution < 1.29 is 50.7 Å². The molecule has 61 heavy (non-hydrogen) atoms. The van der Waals surface area contributed by atoms with E-state index in [1.165, 1.54) is 11.8 Å². The van der Waals surface area contributed by atoms with E-state index in [0.29, 0.717) is 27.5 Å². The summed E-state index contributed by atoms with van der Waals surface area (Å²) in [6.45, 7) is 9.84. The standard InChI is InChI=1S/C37H32O5S.C13H10O2.C2H6.V/c1-3-10-26(2)24-41-37-34(42-36(39)32-21-17-30(18-22-32)28-13-8-5-9-14-28)23-33(43-37)25-40-35(38)31-19-15-29(16-20-31)27-11-6-4-7-12-27;14-13(15)12-8-6-11(7-9-12)10-4-2-1-3-5-10;1-2;/h3-22,33-34,37H,1,23,25H2,2H3;1-9H,(H,14,15);1-2H3;/b26-10+;;;/t33-,34+,37?;;;/m1.../s1. The molecule has 1 unspecified atom stereocenters. The molecule has 6 aromatic rings. The van der Waals surface area contributed by atoms with E-state index in [4.69, 9.17) is 19.3 Å². The first kappa shape index (κ1) is 46.0. The van der Waals surface area contributed by atoms with Crippen LogP contribution in [0.3, 0.4) is 0 Å². The van der Waals surface area contributed by atoms with Gasteiger partial charge >= 0.3 is 224 Å². The summed E-state index contributed by atoms with van der Waals surface area (Å²) in [5, 5.41) is 8.63. The molecule has 7 nitrogen and oxygen atoms in total. The number of carbonyl (C=O) groups is 3. The molecule has 0 amide bonds. The summed E-state index contributed by atoms with van der Waals surface area (Å²) < 4.78 is 18.6. The summed E-state index contributed by atoms with van der Waals surface area (Å²) >= 11 is 3.91. The summed E-state index contributed by atoms with van der Waals surface area (Å²) in [6.07, 6.45) is 3.49. The van der Waals surface area contributed by atoms with Crippen LogP contribution in [0, 0.1) is 0 Å². The minimum absolute atomic E-state index is 0.116. The van der Waals surface area contributed by atoms with Gasteiger partial charge in [-0.15, -0.1) is 0 Å². The Morgan fingerprint density at radius 2 is 1.02 bits per heavy atom. The monoisotopic (exact) mass is 867 g/mol. The van der Waals surface area contributed by atoms with Crippen LogP contribution in [0.1, 0.15) is 58.3 Å². The van der Waals surface area contributed by atoms with Crippen LogP contribution in [0.5, 0.6) is 0 Å². The zero-order chi connectivity index (χ0) is 43.6. The Kier molecular flexibility index (Phi) is 17.9. The van der Waals surface area contributed by atoms with Crippen molar-refractivity contribution in [3.05, 3.63) is 205 Å². The Morgan fingerprint density at radius 3 is 1.43 bits per heavy atom. The Bertz CT molecular complexity index is 2380. The second-order valence-electron chi connectivity index (χ2n) is 13.5. The van der Waals surface area contributed by atoms with Crippen LogP contribution in [-0.2, 0) is 31.2 Å². The van der Waals surface area contributed by atoms with E-state index < -0.39 is 29.4 Å². The van der Waals surface area contributed by atoms with E-state index >= 15 is 0 Å². The van der Waals surface area contributed by atoms with Crippen molar-refractivity contribution in [2.24, 2.45) is 0 Å². The third-order valence-corrected chi connectivity index (χ3v) is 11.5. The third-order valence-electron chi connectivity index (χ3n) is 9.41. The number of esters is 2. The van der Waals surface area contributed by atoms with Crippen molar-refractivity contribution in [2.75, 3.05) is 6.61 Å². The van der Waals surface area contributed by atoms with E-state index in [2.05, 4.69) is 23.6 Å². The fourth-order valence-corrected chi connectivity index (χ4v) is 7.95. The van der Waals surface area contributed by atoms with Gasteiger partial charge < -0.3 is 5.11 Å². The van der Waals surface area contributed by atoms with Gasteiger partial charge in [-0.25, -0.2) is 4.79 Å². The summed E-state index contributed by atoms with van der Waals surface area (Å²) in [5.41, 5.74) is 8.00. The Morgan fingerprint density at radius 1 is 0.623 bits per heavy atom. The third kappa shape index (κ3) is 13.5. The second-order valence-corrected chi connectivity index (χ2v) is 15.6. The van der Waals surface area contributed by atoms with Gasteiger partial charge in [-0.3, -0.25) is 0 Å². The number of carboxylic acids is 1. The number of ether oxygens (including phenoxy) is 3. The van der Waals surface area contributed by atoms with Gasteiger partial charge in [-0.1, -0.05) is 105 Å². The quantitative estimate of drug-likeness (QED) is 0.0905. The zero-order valence-electron chi connectivity index (χ0n) is 34.3. The van der Waals surface area contributed by atoms with Crippen LogP contribution in [-0.4, -0.2) is 50.8 Å². The second kappa shape index (κ2) is 23.7. The van der Waals surface area contributed by atoms with E-state index in [9.17, 15) is 14.4 Å². The number of carbonyl (C=O) groups excluding carboxylic acids is 2. The van der Waals surface area contributed by atoms with Gasteiger partial charge in [-0.2, -0.15) is 0 Å². The smallest absolute Gasteiger partial charge is 0.335 e. The maximum Gasteiger partial charge on any atom is 0.335 e. The van der Waals surface area contributed by atoms with Gasteiger partial charge in [0.1, 0.15) is 0 Å². The molecule has 0 aromatic heterocycles. The van der Waals surface area contributed by atoms with Gasteiger partial charge in [0.2, 0.25) is 0 Å². The summed E-state index contributed by atoms with van der Waals surface area (Å²) in [5.74, 6) is -1.72. The van der Waals surface area contributed by atoms with Crippen LogP contribution < -0.4 is 0 Å². The van der Waals surface area contributed by atoms with Crippen molar-refractivity contribution in [1.29, 1.82) is 0 Å². The molecule has 0 radical (unpaired) electrons. The zero-order valence-corrected chi connectivity index (χ0v) is 36.6. The molecule has 0 spiro atoms. The molecule has 1 heterocycles. The maximum atomic E-state index is 13.2. The molecule has 1 aliphatic rings. The van der Waals surface area contributed by atoms with Gasteiger partial charge in [-0.05, 0) is 28.8 Å². The number of thioether (sulfide) groups is 1. The predicted molar refractivity (Wildman–Crippen MR) is 243 cm³/mol. The van der Waals surface area contributed by atoms with Crippen molar-refractivity contribution >= 4 is 34.1 Å². The number of aromatic carboxylic acids is 1. The van der Waals surface area contributed by atoms with Crippen LogP contribution >= 0.6 is 11.8 Å². The SMILES string of the molecule is C=C/C=C(\C)[C](=[V])OC1S[C@@H](COC(=O)c2ccc(-c3ccccc3)cc2)C[C@@H]1OC(=O)c1ccc(-c2ccccc2)cc1.CC.O=C(O)c1ccc(-c2ccccc2)cc1. The number of benzene rings is 6. The first-order chi connectivity index (χ1) is 29.7. The normalized spacial score (nSPS) is 15.4. The minimum Gasteiger partial charge on any atom is -0.478 e. The van der Waals surface area contributed by atoms with Crippen molar-refractivity contribution in [2.45, 2.75) is 44.0 Å². The molecule has 1 N–H and O–H groups in total. The van der Waals surface area contributed by atoms with Crippen LogP contribution in [0.4, 0.5) is 0 Å². The number of rotatable bonds is 13. The molecule has 9 heteroatoms. The number of hydrogen-bond donors (Lipinski definition) is 1. The summed E-state index contributed by atoms with van der Waals surface area (Å²) in [4.78, 5) is 36.7. The van der Waals surface area contributed by atoms with Crippen molar-refractivity contribution in [1.82, 2.24) is 0 Å². The number of carboxylic acid groups (broad SMARTS) is 1. The topological polar surface area (TPSA) is 99.1 Å². The maximum absolute atomic E-state index is 13.2. The van der Waals surface area contributed by atoms with Gasteiger partial charge in [0.15, 0.2) is 0 Å². The minimum atomic E-state index is -0.894. The van der Waals surface area contributed by atoms with E-state index in [1.54, 1.807) is 42.5 Å². The molecule has 0 bridgehead atoms. The fraction of sp³-hybridized carbons (Fsp3) is 0.154. The van der Waals surface area contributed by atoms with E-state index in [-0.39, 0.29) is 11.9 Å². The number of allylic oxidation sites excluding steroid dienone is 2. The average Bonchev–Trinajstić information content (AvgIpc) is 3.70. The van der Waals surface area contributed by atoms with E-state index in [0.717, 1.165) is 39.0 Å². The Balaban J connectivity index is 0.000000345. The fourth-order valence-electron chi connectivity index (χ4n) is 6.22. The van der Waals surface area contributed by atoms with Gasteiger partial charge in [0.05, 0.1) is 5.56 Å². The van der Waals surface area contributed by atoms with Crippen molar-refractivity contribution in [3.8, 4) is 33.4 Å². The molecule has 6 aromatic carbocycles. The van der Waals surface area contributed by atoms with Gasteiger partial charge in [0, 0.05) is 0 Å². The van der Waals surface area contributed by atoms with Gasteiger partial charge in [0.25, 0.3) is 0 Å². The predicted octanol–water partition coefficient (Wildman–Crippen LogP) is 12.1. The molecule has 1 fully saturated rings. The molecule has 7 rings (SSSR count). The molecule has 0 saturated carbocycles. The summed E-state index contributed by atoms with van der Waals surface area (Å²) in [6, 6.07) is 51.5. The summed E-state index contributed by atoms with van der Waals surface area (Å²) in [7, 11) is 0. The van der Waals surface area contributed by atoms with Crippen LogP contribution in [0.15, 0.2) is 188 Å². The van der Waals surface area contributed by atoms with E-state index in [1.807, 2.05) is 154 Å². The molecule has 0 aliphatic carbocycles.